The molecule has 5 nitrogen and oxygen atoms in total. The Bertz CT molecular complexity index is 709. The van der Waals surface area contributed by atoms with E-state index in [-0.39, 0.29) is 17.9 Å². The van der Waals surface area contributed by atoms with E-state index in [0.29, 0.717) is 37.5 Å². The maximum atomic E-state index is 13.0. The first-order valence-corrected chi connectivity index (χ1v) is 10.6. The van der Waals surface area contributed by atoms with Crippen molar-refractivity contribution in [3.05, 3.63) is 47.5 Å². The Kier molecular flexibility index (Phi) is 7.51. The van der Waals surface area contributed by atoms with Gasteiger partial charge in [0.25, 0.3) is 0 Å². The van der Waals surface area contributed by atoms with Gasteiger partial charge in [-0.05, 0) is 43.9 Å². The molecule has 0 saturated carbocycles. The predicted molar refractivity (Wildman–Crippen MR) is 112 cm³/mol. The van der Waals surface area contributed by atoms with Gasteiger partial charge in [-0.1, -0.05) is 35.9 Å². The highest BCUT2D eigenvalue weighted by molar-refractivity contribution is 6.31. The van der Waals surface area contributed by atoms with Crippen molar-refractivity contribution in [2.45, 2.75) is 38.1 Å². The Labute approximate surface area is 172 Å². The van der Waals surface area contributed by atoms with Crippen LogP contribution in [0.1, 0.15) is 31.2 Å². The largest absolute Gasteiger partial charge is 0.341 e. The summed E-state index contributed by atoms with van der Waals surface area (Å²) in [7, 11) is 0. The third-order valence-electron chi connectivity index (χ3n) is 5.74. The molecular formula is C22H30ClN3O2. The first-order valence-electron chi connectivity index (χ1n) is 10.2. The van der Waals surface area contributed by atoms with Gasteiger partial charge in [-0.15, -0.1) is 6.58 Å². The van der Waals surface area contributed by atoms with Crippen LogP contribution in [0, 0.1) is 0 Å². The van der Waals surface area contributed by atoms with Gasteiger partial charge in [-0.2, -0.15) is 0 Å². The van der Waals surface area contributed by atoms with Gasteiger partial charge >= 0.3 is 0 Å². The number of benzene rings is 1. The number of halogens is 1. The molecule has 2 fully saturated rings. The average Bonchev–Trinajstić information content (AvgIpc) is 3.01. The smallest absolute Gasteiger partial charge is 0.239 e. The maximum absolute atomic E-state index is 13.0. The van der Waals surface area contributed by atoms with E-state index in [0.717, 1.165) is 44.5 Å². The standard InChI is InChI=1S/C22H30ClN3O2/c1-2-12-24-13-5-9-20(24)22(28)26-15-6-14-25(16-17-26)21(27)11-10-18-7-3-4-8-19(18)23/h2-4,7-8,20H,1,5-6,9-17H2/t20-/m0/s1. The summed E-state index contributed by atoms with van der Waals surface area (Å²) in [4.78, 5) is 31.7. The van der Waals surface area contributed by atoms with Crippen LogP contribution in [0.2, 0.25) is 5.02 Å². The molecule has 2 amide bonds. The molecule has 1 aromatic carbocycles. The summed E-state index contributed by atoms with van der Waals surface area (Å²) >= 11 is 6.19. The fraction of sp³-hybridized carbons (Fsp3) is 0.545. The molecule has 1 atom stereocenters. The number of hydrogen-bond donors (Lipinski definition) is 0. The van der Waals surface area contributed by atoms with Gasteiger partial charge in [-0.25, -0.2) is 0 Å². The van der Waals surface area contributed by atoms with Crippen molar-refractivity contribution in [3.8, 4) is 0 Å². The van der Waals surface area contributed by atoms with E-state index in [1.54, 1.807) is 0 Å². The van der Waals surface area contributed by atoms with Crippen LogP contribution >= 0.6 is 11.6 Å². The number of aryl methyl sites for hydroxylation is 1. The van der Waals surface area contributed by atoms with Crippen LogP contribution in [0.3, 0.4) is 0 Å². The highest BCUT2D eigenvalue weighted by atomic mass is 35.5. The zero-order valence-electron chi connectivity index (χ0n) is 16.5. The molecule has 28 heavy (non-hydrogen) atoms. The molecule has 0 N–H and O–H groups in total. The Morgan fingerprint density at radius 3 is 2.61 bits per heavy atom. The van der Waals surface area contributed by atoms with Gasteiger partial charge in [0.05, 0.1) is 6.04 Å². The lowest BCUT2D eigenvalue weighted by Gasteiger charge is -2.29. The monoisotopic (exact) mass is 403 g/mol. The summed E-state index contributed by atoms with van der Waals surface area (Å²) in [5, 5.41) is 0.712. The van der Waals surface area contributed by atoms with Crippen molar-refractivity contribution in [1.82, 2.24) is 14.7 Å². The first-order chi connectivity index (χ1) is 13.6. The summed E-state index contributed by atoms with van der Waals surface area (Å²) in [6, 6.07) is 7.64. The number of nitrogens with zero attached hydrogens (tertiary/aromatic N) is 3. The summed E-state index contributed by atoms with van der Waals surface area (Å²) in [5.74, 6) is 0.355. The second-order valence-electron chi connectivity index (χ2n) is 7.59. The minimum Gasteiger partial charge on any atom is -0.341 e. The molecule has 1 aromatic rings. The van der Waals surface area contributed by atoms with E-state index in [9.17, 15) is 9.59 Å². The highest BCUT2D eigenvalue weighted by Crippen LogP contribution is 2.21. The van der Waals surface area contributed by atoms with Crippen LogP contribution in [0.25, 0.3) is 0 Å². The molecule has 3 rings (SSSR count). The van der Waals surface area contributed by atoms with Crippen molar-refractivity contribution < 1.29 is 9.59 Å². The fourth-order valence-corrected chi connectivity index (χ4v) is 4.42. The van der Waals surface area contributed by atoms with Gasteiger partial charge in [0.15, 0.2) is 0 Å². The molecule has 152 valence electrons. The van der Waals surface area contributed by atoms with Crippen LogP contribution in [0.5, 0.6) is 0 Å². The molecule has 0 aromatic heterocycles. The number of amides is 2. The number of carbonyl (C=O) groups excluding carboxylic acids is 2. The second-order valence-corrected chi connectivity index (χ2v) is 8.00. The molecule has 0 radical (unpaired) electrons. The van der Waals surface area contributed by atoms with E-state index >= 15 is 0 Å². The molecule has 0 unspecified atom stereocenters. The van der Waals surface area contributed by atoms with E-state index in [4.69, 9.17) is 11.6 Å². The molecule has 0 aliphatic carbocycles. The van der Waals surface area contributed by atoms with Crippen LogP contribution in [0.15, 0.2) is 36.9 Å². The van der Waals surface area contributed by atoms with Crippen LogP contribution in [-0.2, 0) is 16.0 Å². The van der Waals surface area contributed by atoms with Crippen LogP contribution in [-0.4, -0.2) is 71.8 Å². The lowest BCUT2D eigenvalue weighted by atomic mass is 10.1. The molecule has 2 saturated heterocycles. The normalized spacial score (nSPS) is 20.8. The summed E-state index contributed by atoms with van der Waals surface area (Å²) < 4.78 is 0. The minimum absolute atomic E-state index is 0.0273. The van der Waals surface area contributed by atoms with E-state index in [1.807, 2.05) is 40.1 Å². The number of carbonyl (C=O) groups is 2. The number of likely N-dealkylation sites (tertiary alicyclic amines) is 1. The van der Waals surface area contributed by atoms with Crippen LogP contribution in [0.4, 0.5) is 0 Å². The van der Waals surface area contributed by atoms with Gasteiger partial charge in [0.1, 0.15) is 0 Å². The van der Waals surface area contributed by atoms with Crippen molar-refractivity contribution in [1.29, 1.82) is 0 Å². The first kappa shape index (κ1) is 20.9. The zero-order valence-corrected chi connectivity index (χ0v) is 17.2. The number of rotatable bonds is 6. The van der Waals surface area contributed by atoms with Crippen molar-refractivity contribution in [3.63, 3.8) is 0 Å². The van der Waals surface area contributed by atoms with Crippen molar-refractivity contribution in [2.24, 2.45) is 0 Å². The molecule has 2 aliphatic rings. The van der Waals surface area contributed by atoms with E-state index in [2.05, 4.69) is 11.5 Å². The van der Waals surface area contributed by atoms with Gasteiger partial charge in [-0.3, -0.25) is 14.5 Å². The van der Waals surface area contributed by atoms with Crippen molar-refractivity contribution in [2.75, 3.05) is 39.3 Å². The maximum Gasteiger partial charge on any atom is 0.239 e. The Hall–Kier alpha value is -1.85. The second kappa shape index (κ2) is 10.1. The molecular weight excluding hydrogens is 374 g/mol. The topological polar surface area (TPSA) is 43.9 Å². The van der Waals surface area contributed by atoms with E-state index in [1.165, 1.54) is 0 Å². The highest BCUT2D eigenvalue weighted by Gasteiger charge is 2.33. The van der Waals surface area contributed by atoms with Crippen molar-refractivity contribution >= 4 is 23.4 Å². The summed E-state index contributed by atoms with van der Waals surface area (Å²) in [5.41, 5.74) is 1.01. The van der Waals surface area contributed by atoms with Gasteiger partial charge < -0.3 is 9.80 Å². The Balaban J connectivity index is 1.51. The molecule has 2 aliphatic heterocycles. The van der Waals surface area contributed by atoms with Crippen LogP contribution < -0.4 is 0 Å². The Morgan fingerprint density at radius 1 is 1.07 bits per heavy atom. The molecule has 2 heterocycles. The minimum atomic E-state index is -0.0273. The molecule has 0 bridgehead atoms. The number of hydrogen-bond acceptors (Lipinski definition) is 3. The summed E-state index contributed by atoms with van der Waals surface area (Å²) in [6.45, 7) is 8.20. The molecule has 6 heteroatoms. The Morgan fingerprint density at radius 2 is 1.82 bits per heavy atom. The van der Waals surface area contributed by atoms with Gasteiger partial charge in [0, 0.05) is 44.2 Å². The average molecular weight is 404 g/mol. The summed E-state index contributed by atoms with van der Waals surface area (Å²) in [6.07, 6.45) is 5.78. The predicted octanol–water partition coefficient (Wildman–Crippen LogP) is 2.98. The van der Waals surface area contributed by atoms with Gasteiger partial charge in [0.2, 0.25) is 11.8 Å². The SMILES string of the molecule is C=CCN1CCC[C@H]1C(=O)N1CCCN(C(=O)CCc2ccccc2Cl)CC1. The fourth-order valence-electron chi connectivity index (χ4n) is 4.19. The lowest BCUT2D eigenvalue weighted by molar-refractivity contribution is -0.136. The van der Waals surface area contributed by atoms with E-state index < -0.39 is 0 Å². The third-order valence-corrected chi connectivity index (χ3v) is 6.11. The molecule has 0 spiro atoms. The zero-order chi connectivity index (χ0) is 19.9. The lowest BCUT2D eigenvalue weighted by Crippen LogP contribution is -2.47. The quantitative estimate of drug-likeness (QED) is 0.686. The third kappa shape index (κ3) is 5.15.